The van der Waals surface area contributed by atoms with Crippen LogP contribution in [0.4, 0.5) is 15.8 Å². The molecule has 0 saturated heterocycles. The fourth-order valence-corrected chi connectivity index (χ4v) is 2.50. The van der Waals surface area contributed by atoms with E-state index in [1.165, 1.54) is 12.1 Å². The first kappa shape index (κ1) is 17.6. The van der Waals surface area contributed by atoms with E-state index in [1.54, 1.807) is 48.5 Å². The minimum Gasteiger partial charge on any atom is -0.322 e. The van der Waals surface area contributed by atoms with E-state index < -0.39 is 5.82 Å². The maximum absolute atomic E-state index is 13.0. The Kier molecular flexibility index (Phi) is 5.29. The van der Waals surface area contributed by atoms with Gasteiger partial charge in [-0.3, -0.25) is 9.59 Å². The largest absolute Gasteiger partial charge is 0.322 e. The Hall–Kier alpha value is -3.18. The van der Waals surface area contributed by atoms with Crippen LogP contribution in [0, 0.1) is 5.82 Å². The molecule has 0 aromatic heterocycles. The van der Waals surface area contributed by atoms with E-state index in [1.807, 2.05) is 6.07 Å². The Morgan fingerprint density at radius 1 is 0.769 bits per heavy atom. The van der Waals surface area contributed by atoms with Crippen LogP contribution in [0.2, 0.25) is 5.02 Å². The fourth-order valence-electron chi connectivity index (χ4n) is 2.28. The number of nitrogens with one attached hydrogen (secondary N) is 2. The summed E-state index contributed by atoms with van der Waals surface area (Å²) in [5, 5.41) is 5.49. The number of rotatable bonds is 4. The molecule has 0 atom stereocenters. The van der Waals surface area contributed by atoms with Crippen LogP contribution in [-0.4, -0.2) is 11.8 Å². The summed E-state index contributed by atoms with van der Waals surface area (Å²) in [6.45, 7) is 0. The van der Waals surface area contributed by atoms with Crippen molar-refractivity contribution in [1.29, 1.82) is 0 Å². The lowest BCUT2D eigenvalue weighted by Crippen LogP contribution is -2.14. The zero-order chi connectivity index (χ0) is 18.5. The summed E-state index contributed by atoms with van der Waals surface area (Å²) in [5.41, 5.74) is 1.80. The predicted octanol–water partition coefficient (Wildman–Crippen LogP) is 4.98. The zero-order valence-electron chi connectivity index (χ0n) is 13.5. The first-order valence-electron chi connectivity index (χ1n) is 7.76. The number of amides is 2. The molecule has 4 nitrogen and oxygen atoms in total. The lowest BCUT2D eigenvalue weighted by Gasteiger charge is -2.09. The predicted molar refractivity (Wildman–Crippen MR) is 100 cm³/mol. The highest BCUT2D eigenvalue weighted by atomic mass is 35.5. The zero-order valence-corrected chi connectivity index (χ0v) is 14.3. The third-order valence-electron chi connectivity index (χ3n) is 3.62. The average Bonchev–Trinajstić information content (AvgIpc) is 2.65. The van der Waals surface area contributed by atoms with Crippen LogP contribution in [0.1, 0.15) is 20.7 Å². The van der Waals surface area contributed by atoms with E-state index in [2.05, 4.69) is 10.6 Å². The van der Waals surface area contributed by atoms with Crippen molar-refractivity contribution in [3.63, 3.8) is 0 Å². The second kappa shape index (κ2) is 7.80. The normalized spacial score (nSPS) is 10.2. The van der Waals surface area contributed by atoms with Gasteiger partial charge in [-0.15, -0.1) is 0 Å². The second-order valence-corrected chi connectivity index (χ2v) is 5.88. The number of anilines is 2. The monoisotopic (exact) mass is 368 g/mol. The van der Waals surface area contributed by atoms with Crippen molar-refractivity contribution >= 4 is 34.8 Å². The van der Waals surface area contributed by atoms with E-state index in [9.17, 15) is 14.0 Å². The Morgan fingerprint density at radius 2 is 1.38 bits per heavy atom. The lowest BCUT2D eigenvalue weighted by atomic mass is 10.1. The second-order valence-electron chi connectivity index (χ2n) is 5.48. The summed E-state index contributed by atoms with van der Waals surface area (Å²) < 4.78 is 13.0. The van der Waals surface area contributed by atoms with Gasteiger partial charge >= 0.3 is 0 Å². The van der Waals surface area contributed by atoms with Gasteiger partial charge in [-0.25, -0.2) is 4.39 Å². The van der Waals surface area contributed by atoms with Gasteiger partial charge in [0.15, 0.2) is 0 Å². The molecule has 0 spiro atoms. The molecule has 26 heavy (non-hydrogen) atoms. The number of halogens is 2. The van der Waals surface area contributed by atoms with Crippen molar-refractivity contribution in [1.82, 2.24) is 0 Å². The summed E-state index contributed by atoms with van der Waals surface area (Å²) >= 11 is 5.90. The highest BCUT2D eigenvalue weighted by Crippen LogP contribution is 2.23. The molecular formula is C20H14ClFN2O2. The lowest BCUT2D eigenvalue weighted by molar-refractivity contribution is 0.102. The fraction of sp³-hybridized carbons (Fsp3) is 0. The molecule has 0 aliphatic carbocycles. The summed E-state index contributed by atoms with van der Waals surface area (Å²) in [6, 6.07) is 19.0. The molecule has 0 heterocycles. The van der Waals surface area contributed by atoms with Gasteiger partial charge in [0, 0.05) is 16.8 Å². The Morgan fingerprint density at radius 3 is 2.04 bits per heavy atom. The van der Waals surface area contributed by atoms with Crippen molar-refractivity contribution < 1.29 is 14.0 Å². The summed E-state index contributed by atoms with van der Waals surface area (Å²) in [5.74, 6) is -1.10. The minimum absolute atomic E-state index is 0.116. The van der Waals surface area contributed by atoms with Gasteiger partial charge < -0.3 is 10.6 Å². The van der Waals surface area contributed by atoms with Crippen molar-refractivity contribution in [3.8, 4) is 0 Å². The first-order valence-corrected chi connectivity index (χ1v) is 8.13. The molecule has 0 aliphatic rings. The van der Waals surface area contributed by atoms with E-state index >= 15 is 0 Å². The average molecular weight is 369 g/mol. The van der Waals surface area contributed by atoms with E-state index in [0.717, 1.165) is 6.07 Å². The Bertz CT molecular complexity index is 944. The highest BCUT2D eigenvalue weighted by Gasteiger charge is 2.10. The number of hydrogen-bond acceptors (Lipinski definition) is 2. The third kappa shape index (κ3) is 4.26. The molecule has 6 heteroatoms. The van der Waals surface area contributed by atoms with E-state index in [0.29, 0.717) is 22.5 Å². The first-order chi connectivity index (χ1) is 12.5. The minimum atomic E-state index is -0.480. The molecule has 0 bridgehead atoms. The molecule has 2 amide bonds. The van der Waals surface area contributed by atoms with E-state index in [4.69, 9.17) is 11.6 Å². The topological polar surface area (TPSA) is 58.2 Å². The molecule has 0 aliphatic heterocycles. The number of hydrogen-bond donors (Lipinski definition) is 2. The maximum atomic E-state index is 13.0. The van der Waals surface area contributed by atoms with Crippen LogP contribution in [-0.2, 0) is 0 Å². The Balaban J connectivity index is 1.67. The highest BCUT2D eigenvalue weighted by molar-refractivity contribution is 6.33. The van der Waals surface area contributed by atoms with Crippen LogP contribution in [0.15, 0.2) is 72.8 Å². The molecule has 2 N–H and O–H groups in total. The summed E-state index contributed by atoms with van der Waals surface area (Å²) in [4.78, 5) is 24.4. The van der Waals surface area contributed by atoms with Crippen LogP contribution < -0.4 is 10.6 Å². The van der Waals surface area contributed by atoms with Gasteiger partial charge in [0.2, 0.25) is 0 Å². The summed E-state index contributed by atoms with van der Waals surface area (Å²) in [6.07, 6.45) is 0. The van der Waals surface area contributed by atoms with Gasteiger partial charge in [-0.05, 0) is 54.6 Å². The number of carbonyl (C=O) groups is 2. The van der Waals surface area contributed by atoms with Crippen molar-refractivity contribution in [2.75, 3.05) is 10.6 Å². The maximum Gasteiger partial charge on any atom is 0.255 e. The quantitative estimate of drug-likeness (QED) is 0.682. The van der Waals surface area contributed by atoms with Gasteiger partial charge in [0.05, 0.1) is 10.7 Å². The molecule has 0 saturated carbocycles. The van der Waals surface area contributed by atoms with Crippen molar-refractivity contribution in [3.05, 3.63) is 94.8 Å². The molecule has 0 radical (unpaired) electrons. The molecule has 3 aromatic carbocycles. The molecule has 130 valence electrons. The molecule has 3 rings (SSSR count). The van der Waals surface area contributed by atoms with Crippen LogP contribution in [0.5, 0.6) is 0 Å². The third-order valence-corrected chi connectivity index (χ3v) is 3.93. The van der Waals surface area contributed by atoms with Gasteiger partial charge in [-0.1, -0.05) is 29.8 Å². The molecule has 0 unspecified atom stereocenters. The van der Waals surface area contributed by atoms with Gasteiger partial charge in [-0.2, -0.15) is 0 Å². The molecular weight excluding hydrogens is 355 g/mol. The number of benzene rings is 3. The van der Waals surface area contributed by atoms with Crippen LogP contribution in [0.25, 0.3) is 0 Å². The molecule has 3 aromatic rings. The smallest absolute Gasteiger partial charge is 0.255 e. The molecule has 0 fully saturated rings. The van der Waals surface area contributed by atoms with Crippen LogP contribution in [0.3, 0.4) is 0 Å². The van der Waals surface area contributed by atoms with Crippen LogP contribution >= 0.6 is 11.6 Å². The van der Waals surface area contributed by atoms with Crippen molar-refractivity contribution in [2.45, 2.75) is 0 Å². The Labute approximate surface area is 154 Å². The van der Waals surface area contributed by atoms with E-state index in [-0.39, 0.29) is 16.8 Å². The van der Waals surface area contributed by atoms with Gasteiger partial charge in [0.1, 0.15) is 5.82 Å². The van der Waals surface area contributed by atoms with Gasteiger partial charge in [0.25, 0.3) is 11.8 Å². The number of carbonyl (C=O) groups excluding carboxylic acids is 2. The van der Waals surface area contributed by atoms with Crippen molar-refractivity contribution in [2.24, 2.45) is 0 Å². The standard InChI is InChI=1S/C20H14ClFN2O2/c21-17-12-15(22)8-11-18(17)24-20(26)14-6-9-16(10-7-14)23-19(25)13-4-2-1-3-5-13/h1-12H,(H,23,25)(H,24,26). The summed E-state index contributed by atoms with van der Waals surface area (Å²) in [7, 11) is 0. The SMILES string of the molecule is O=C(Nc1ccc(C(=O)Nc2ccc(F)cc2Cl)cc1)c1ccccc1.